The number of benzene rings is 2. The highest BCUT2D eigenvalue weighted by Gasteiger charge is 2.30. The number of nitrogens with zero attached hydrogens (tertiary/aromatic N) is 2. The van der Waals surface area contributed by atoms with Crippen LogP contribution in [-0.4, -0.2) is 36.2 Å². The summed E-state index contributed by atoms with van der Waals surface area (Å²) in [6.45, 7) is 3.92. The summed E-state index contributed by atoms with van der Waals surface area (Å²) in [5.41, 5.74) is 1.59. The van der Waals surface area contributed by atoms with Crippen molar-refractivity contribution < 1.29 is 14.3 Å². The second kappa shape index (κ2) is 8.71. The molecule has 0 aromatic heterocycles. The predicted octanol–water partition coefficient (Wildman–Crippen LogP) is 5.37. The number of aliphatic imine (C=N–C) groups is 1. The van der Waals surface area contributed by atoms with Crippen LogP contribution >= 0.6 is 23.4 Å². The molecule has 1 heterocycles. The number of methoxy groups -OCH3 is 1. The lowest BCUT2D eigenvalue weighted by molar-refractivity contribution is -0.121. The molecule has 0 unspecified atom stereocenters. The molecule has 0 N–H and O–H groups in total. The van der Waals surface area contributed by atoms with Crippen molar-refractivity contribution in [3.63, 3.8) is 0 Å². The Kier molecular flexibility index (Phi) is 6.31. The molecule has 1 aliphatic heterocycles. The average molecular weight is 417 g/mol. The van der Waals surface area contributed by atoms with Crippen LogP contribution in [0, 0.1) is 0 Å². The second-order valence-electron chi connectivity index (χ2n) is 6.42. The van der Waals surface area contributed by atoms with Crippen LogP contribution in [0.4, 0.5) is 5.69 Å². The summed E-state index contributed by atoms with van der Waals surface area (Å²) >= 11 is 7.24. The first-order chi connectivity index (χ1) is 13.4. The van der Waals surface area contributed by atoms with Crippen molar-refractivity contribution >= 4 is 46.2 Å². The van der Waals surface area contributed by atoms with Crippen molar-refractivity contribution in [2.24, 2.45) is 4.99 Å². The van der Waals surface area contributed by atoms with E-state index in [1.807, 2.05) is 50.3 Å². The van der Waals surface area contributed by atoms with E-state index in [4.69, 9.17) is 21.1 Å². The van der Waals surface area contributed by atoms with Gasteiger partial charge in [0.25, 0.3) is 5.91 Å². The molecular formula is C21H21ClN2O3S. The van der Waals surface area contributed by atoms with E-state index in [1.165, 1.54) is 11.8 Å². The number of amidine groups is 1. The quantitative estimate of drug-likeness (QED) is 0.615. The van der Waals surface area contributed by atoms with Crippen LogP contribution in [0.25, 0.3) is 6.08 Å². The van der Waals surface area contributed by atoms with Gasteiger partial charge in [-0.2, -0.15) is 0 Å². The molecule has 0 spiro atoms. The molecule has 1 amide bonds. The maximum absolute atomic E-state index is 12.6. The number of amides is 1. The molecule has 1 aliphatic rings. The fraction of sp³-hybridized carbons (Fsp3) is 0.238. The molecule has 7 heteroatoms. The number of carbonyl (C=O) groups is 1. The van der Waals surface area contributed by atoms with Crippen LogP contribution < -0.4 is 9.47 Å². The first kappa shape index (κ1) is 20.3. The Bertz CT molecular complexity index is 939. The highest BCUT2D eigenvalue weighted by atomic mass is 35.5. The fourth-order valence-corrected chi connectivity index (χ4v) is 3.67. The second-order valence-corrected chi connectivity index (χ2v) is 7.87. The van der Waals surface area contributed by atoms with Crippen LogP contribution in [-0.2, 0) is 4.79 Å². The van der Waals surface area contributed by atoms with Crippen molar-refractivity contribution in [2.45, 2.75) is 20.0 Å². The van der Waals surface area contributed by atoms with Crippen molar-refractivity contribution in [3.05, 3.63) is 58.0 Å². The minimum atomic E-state index is -0.0980. The normalized spacial score (nSPS) is 17.1. The zero-order chi connectivity index (χ0) is 20.3. The molecule has 2 aromatic carbocycles. The van der Waals surface area contributed by atoms with E-state index in [2.05, 4.69) is 4.99 Å². The van der Waals surface area contributed by atoms with Gasteiger partial charge in [-0.05, 0) is 73.6 Å². The van der Waals surface area contributed by atoms with Gasteiger partial charge in [0.05, 0.1) is 23.8 Å². The Hall–Kier alpha value is -2.44. The largest absolute Gasteiger partial charge is 0.493 e. The molecule has 3 rings (SSSR count). The summed E-state index contributed by atoms with van der Waals surface area (Å²) in [7, 11) is 3.31. The van der Waals surface area contributed by atoms with Crippen molar-refractivity contribution in [2.75, 3.05) is 14.2 Å². The molecule has 0 radical (unpaired) electrons. The van der Waals surface area contributed by atoms with E-state index in [0.29, 0.717) is 26.6 Å². The van der Waals surface area contributed by atoms with E-state index in [0.717, 1.165) is 11.3 Å². The van der Waals surface area contributed by atoms with E-state index >= 15 is 0 Å². The summed E-state index contributed by atoms with van der Waals surface area (Å²) in [5.74, 6) is 1.20. The average Bonchev–Trinajstić information content (AvgIpc) is 2.92. The SMILES string of the molecule is COc1cc(/C=C2/SC(=Nc3ccc(Cl)cc3)N(C)C2=O)ccc1OC(C)C. The van der Waals surface area contributed by atoms with Crippen LogP contribution in [0.2, 0.25) is 5.02 Å². The highest BCUT2D eigenvalue weighted by Crippen LogP contribution is 2.35. The minimum absolute atomic E-state index is 0.0466. The third-order valence-corrected chi connectivity index (χ3v) is 5.22. The molecule has 28 heavy (non-hydrogen) atoms. The predicted molar refractivity (Wildman–Crippen MR) is 116 cm³/mol. The maximum atomic E-state index is 12.6. The van der Waals surface area contributed by atoms with Crippen molar-refractivity contribution in [3.8, 4) is 11.5 Å². The van der Waals surface area contributed by atoms with E-state index in [-0.39, 0.29) is 12.0 Å². The third kappa shape index (κ3) is 4.69. The van der Waals surface area contributed by atoms with E-state index < -0.39 is 0 Å². The molecule has 0 atom stereocenters. The summed E-state index contributed by atoms with van der Waals surface area (Å²) in [5, 5.41) is 1.26. The van der Waals surface area contributed by atoms with Crippen molar-refractivity contribution in [1.82, 2.24) is 4.90 Å². The standard InChI is InChI=1S/C21H21ClN2O3S/c1-13(2)27-17-10-5-14(11-18(17)26-4)12-19-20(25)24(3)21(28-19)23-16-8-6-15(22)7-9-16/h5-13H,1-4H3/b19-12+,23-21?. The first-order valence-electron chi connectivity index (χ1n) is 8.74. The molecule has 5 nitrogen and oxygen atoms in total. The smallest absolute Gasteiger partial charge is 0.266 e. The zero-order valence-corrected chi connectivity index (χ0v) is 17.7. The maximum Gasteiger partial charge on any atom is 0.266 e. The molecule has 1 fully saturated rings. The molecule has 0 bridgehead atoms. The van der Waals surface area contributed by atoms with Gasteiger partial charge in [-0.3, -0.25) is 9.69 Å². The Balaban J connectivity index is 1.86. The molecule has 0 aliphatic carbocycles. The van der Waals surface area contributed by atoms with E-state index in [1.54, 1.807) is 31.2 Å². The van der Waals surface area contributed by atoms with Gasteiger partial charge < -0.3 is 9.47 Å². The van der Waals surface area contributed by atoms with Crippen LogP contribution in [0.1, 0.15) is 19.4 Å². The monoisotopic (exact) mass is 416 g/mol. The summed E-state index contributed by atoms with van der Waals surface area (Å²) < 4.78 is 11.2. The summed E-state index contributed by atoms with van der Waals surface area (Å²) in [6.07, 6.45) is 1.88. The number of carbonyl (C=O) groups excluding carboxylic acids is 1. The number of thioether (sulfide) groups is 1. The van der Waals surface area contributed by atoms with Crippen LogP contribution in [0.15, 0.2) is 52.4 Å². The van der Waals surface area contributed by atoms with Gasteiger partial charge in [0, 0.05) is 12.1 Å². The molecular weight excluding hydrogens is 396 g/mol. The molecule has 146 valence electrons. The molecule has 0 saturated carbocycles. The lowest BCUT2D eigenvalue weighted by Crippen LogP contribution is -2.23. The summed E-state index contributed by atoms with van der Waals surface area (Å²) in [6, 6.07) is 12.8. The number of likely N-dealkylation sites (N-methyl/N-ethyl adjacent to an activating group) is 1. The third-order valence-electron chi connectivity index (χ3n) is 3.90. The number of rotatable bonds is 5. The first-order valence-corrected chi connectivity index (χ1v) is 9.93. The molecule has 1 saturated heterocycles. The lowest BCUT2D eigenvalue weighted by Gasteiger charge is -2.13. The minimum Gasteiger partial charge on any atom is -0.493 e. The summed E-state index contributed by atoms with van der Waals surface area (Å²) in [4.78, 5) is 19.3. The fourth-order valence-electron chi connectivity index (χ4n) is 2.55. The van der Waals surface area contributed by atoms with Gasteiger partial charge >= 0.3 is 0 Å². The number of halogens is 1. The van der Waals surface area contributed by atoms with Gasteiger partial charge in [-0.15, -0.1) is 0 Å². The van der Waals surface area contributed by atoms with Gasteiger partial charge in [-0.25, -0.2) is 4.99 Å². The van der Waals surface area contributed by atoms with Crippen LogP contribution in [0.5, 0.6) is 11.5 Å². The topological polar surface area (TPSA) is 51.1 Å². The van der Waals surface area contributed by atoms with Gasteiger partial charge in [-0.1, -0.05) is 17.7 Å². The molecule has 2 aromatic rings. The Morgan fingerprint density at radius 1 is 1.14 bits per heavy atom. The highest BCUT2D eigenvalue weighted by molar-refractivity contribution is 8.18. The van der Waals surface area contributed by atoms with Crippen LogP contribution in [0.3, 0.4) is 0 Å². The number of ether oxygens (including phenoxy) is 2. The van der Waals surface area contributed by atoms with E-state index in [9.17, 15) is 4.79 Å². The van der Waals surface area contributed by atoms with Gasteiger partial charge in [0.1, 0.15) is 0 Å². The number of hydrogen-bond acceptors (Lipinski definition) is 5. The Morgan fingerprint density at radius 2 is 1.86 bits per heavy atom. The van der Waals surface area contributed by atoms with Crippen molar-refractivity contribution in [1.29, 1.82) is 0 Å². The Labute approximate surface area is 174 Å². The zero-order valence-electron chi connectivity index (χ0n) is 16.1. The number of hydrogen-bond donors (Lipinski definition) is 0. The lowest BCUT2D eigenvalue weighted by atomic mass is 10.2. The van der Waals surface area contributed by atoms with Gasteiger partial charge in [0.2, 0.25) is 0 Å². The Morgan fingerprint density at radius 3 is 2.50 bits per heavy atom. The van der Waals surface area contributed by atoms with Gasteiger partial charge in [0.15, 0.2) is 16.7 Å².